The first-order valence-electron chi connectivity index (χ1n) is 8.70. The second kappa shape index (κ2) is 9.23. The van der Waals surface area contributed by atoms with Gasteiger partial charge in [-0.05, 0) is 38.0 Å². The summed E-state index contributed by atoms with van der Waals surface area (Å²) in [7, 11) is 0. The van der Waals surface area contributed by atoms with Crippen LogP contribution in [0.1, 0.15) is 25.8 Å². The molecule has 1 aromatic carbocycles. The summed E-state index contributed by atoms with van der Waals surface area (Å²) in [4.78, 5) is 14.2. The van der Waals surface area contributed by atoms with Crippen LogP contribution in [0.15, 0.2) is 24.3 Å². The van der Waals surface area contributed by atoms with Crippen LogP contribution in [0.4, 0.5) is 13.2 Å². The van der Waals surface area contributed by atoms with Crippen molar-refractivity contribution in [1.82, 2.24) is 10.2 Å². The minimum Gasteiger partial charge on any atom is -0.406 e. The molecule has 5 nitrogen and oxygen atoms in total. The predicted octanol–water partition coefficient (Wildman–Crippen LogP) is 2.74. The van der Waals surface area contributed by atoms with Crippen LogP contribution in [0.3, 0.4) is 0 Å². The zero-order valence-corrected chi connectivity index (χ0v) is 15.0. The number of hydrogen-bond acceptors (Lipinski definition) is 4. The van der Waals surface area contributed by atoms with Crippen molar-refractivity contribution in [1.29, 1.82) is 0 Å². The topological polar surface area (TPSA) is 50.8 Å². The fraction of sp³-hybridized carbons (Fsp3) is 0.611. The second-order valence-corrected chi connectivity index (χ2v) is 6.59. The number of carbonyl (C=O) groups excluding carboxylic acids is 1. The van der Waals surface area contributed by atoms with E-state index < -0.39 is 6.36 Å². The summed E-state index contributed by atoms with van der Waals surface area (Å²) in [5.41, 5.74) is 0.632. The molecule has 0 spiro atoms. The largest absolute Gasteiger partial charge is 0.573 e. The molecule has 1 aromatic rings. The number of rotatable bonds is 7. The average molecular weight is 374 g/mol. The summed E-state index contributed by atoms with van der Waals surface area (Å²) < 4.78 is 45.8. The molecule has 146 valence electrons. The Morgan fingerprint density at radius 2 is 1.85 bits per heavy atom. The van der Waals surface area contributed by atoms with E-state index in [9.17, 15) is 18.0 Å². The summed E-state index contributed by atoms with van der Waals surface area (Å²) in [5.74, 6) is -0.450. The van der Waals surface area contributed by atoms with Crippen LogP contribution < -0.4 is 10.1 Å². The number of ether oxygens (including phenoxy) is 2. The van der Waals surface area contributed by atoms with E-state index in [1.807, 2.05) is 0 Å². The van der Waals surface area contributed by atoms with Crippen molar-refractivity contribution >= 4 is 5.91 Å². The van der Waals surface area contributed by atoms with E-state index in [1.54, 1.807) is 0 Å². The molecule has 1 fully saturated rings. The highest BCUT2D eigenvalue weighted by atomic mass is 19.4. The minimum atomic E-state index is -4.71. The van der Waals surface area contributed by atoms with Crippen LogP contribution in [0.2, 0.25) is 0 Å². The van der Waals surface area contributed by atoms with Gasteiger partial charge < -0.3 is 14.8 Å². The Labute approximate surface area is 151 Å². The van der Waals surface area contributed by atoms with Crippen LogP contribution in [0, 0.1) is 0 Å². The first-order valence-corrected chi connectivity index (χ1v) is 8.70. The van der Waals surface area contributed by atoms with E-state index in [1.165, 1.54) is 24.3 Å². The van der Waals surface area contributed by atoms with Crippen molar-refractivity contribution in [3.63, 3.8) is 0 Å². The van der Waals surface area contributed by atoms with Crippen LogP contribution in [0.25, 0.3) is 0 Å². The van der Waals surface area contributed by atoms with Crippen molar-refractivity contribution in [3.05, 3.63) is 29.8 Å². The first kappa shape index (κ1) is 20.5. The van der Waals surface area contributed by atoms with E-state index in [4.69, 9.17) is 4.74 Å². The number of alkyl halides is 3. The molecule has 0 saturated carbocycles. The quantitative estimate of drug-likeness (QED) is 0.746. The van der Waals surface area contributed by atoms with Crippen LogP contribution >= 0.6 is 0 Å². The Hall–Kier alpha value is -1.80. The number of nitrogens with one attached hydrogen (secondary N) is 1. The van der Waals surface area contributed by atoms with Crippen molar-refractivity contribution < 1.29 is 27.4 Å². The highest BCUT2D eigenvalue weighted by Gasteiger charge is 2.31. The third-order valence-corrected chi connectivity index (χ3v) is 3.99. The standard InChI is InChI=1S/C18H25F3N2O3/c1-13-11-23(12-14(2)25-13)9-3-8-22-17(24)10-15-4-6-16(7-5-15)26-18(19,20)21/h4-7,13-14H,3,8-12H2,1-2H3,(H,22,24)/t13-,14+. The fourth-order valence-corrected chi connectivity index (χ4v) is 3.05. The van der Waals surface area contributed by atoms with E-state index in [0.717, 1.165) is 26.1 Å². The first-order chi connectivity index (χ1) is 12.2. The van der Waals surface area contributed by atoms with E-state index >= 15 is 0 Å². The van der Waals surface area contributed by atoms with Crippen molar-refractivity contribution in [2.24, 2.45) is 0 Å². The summed E-state index contributed by atoms with van der Waals surface area (Å²) in [6.07, 6.45) is -3.31. The van der Waals surface area contributed by atoms with Gasteiger partial charge in [0.2, 0.25) is 5.91 Å². The molecular formula is C18H25F3N2O3. The van der Waals surface area contributed by atoms with Crippen LogP contribution in [0.5, 0.6) is 5.75 Å². The molecule has 1 aliphatic rings. The molecule has 1 saturated heterocycles. The van der Waals surface area contributed by atoms with Gasteiger partial charge in [-0.1, -0.05) is 12.1 Å². The molecule has 0 bridgehead atoms. The zero-order chi connectivity index (χ0) is 19.2. The van der Waals surface area contributed by atoms with Crippen LogP contribution in [-0.4, -0.2) is 55.6 Å². The number of nitrogens with zero attached hydrogens (tertiary/aromatic N) is 1. The molecule has 8 heteroatoms. The molecule has 0 radical (unpaired) electrons. The van der Waals surface area contributed by atoms with Crippen molar-refractivity contribution in [3.8, 4) is 5.75 Å². The summed E-state index contributed by atoms with van der Waals surface area (Å²) in [6.45, 7) is 7.34. The van der Waals surface area contributed by atoms with Gasteiger partial charge in [0.15, 0.2) is 0 Å². The SMILES string of the molecule is C[C@@H]1CN(CCCNC(=O)Cc2ccc(OC(F)(F)F)cc2)C[C@H](C)O1. The molecule has 2 rings (SSSR count). The molecule has 1 amide bonds. The van der Waals surface area contributed by atoms with Gasteiger partial charge in [-0.3, -0.25) is 9.69 Å². The Morgan fingerprint density at radius 1 is 1.23 bits per heavy atom. The minimum absolute atomic E-state index is 0.123. The summed E-state index contributed by atoms with van der Waals surface area (Å²) >= 11 is 0. The third kappa shape index (κ3) is 7.61. The smallest absolute Gasteiger partial charge is 0.406 e. The lowest BCUT2D eigenvalue weighted by molar-refractivity contribution is -0.274. The van der Waals surface area contributed by atoms with Gasteiger partial charge in [0.25, 0.3) is 0 Å². The van der Waals surface area contributed by atoms with Gasteiger partial charge in [-0.2, -0.15) is 0 Å². The van der Waals surface area contributed by atoms with Crippen molar-refractivity contribution in [2.75, 3.05) is 26.2 Å². The number of benzene rings is 1. The number of halogens is 3. The lowest BCUT2D eigenvalue weighted by Crippen LogP contribution is -2.46. The van der Waals surface area contributed by atoms with Gasteiger partial charge in [0, 0.05) is 26.2 Å². The van der Waals surface area contributed by atoms with Crippen molar-refractivity contribution in [2.45, 2.75) is 45.3 Å². The Balaban J connectivity index is 1.65. The number of amides is 1. The van der Waals surface area contributed by atoms with E-state index in [0.29, 0.717) is 12.1 Å². The molecule has 0 aromatic heterocycles. The number of morpholine rings is 1. The number of carbonyl (C=O) groups is 1. The molecule has 26 heavy (non-hydrogen) atoms. The second-order valence-electron chi connectivity index (χ2n) is 6.59. The molecule has 2 atom stereocenters. The van der Waals surface area contributed by atoms with E-state index in [2.05, 4.69) is 28.8 Å². The fourth-order valence-electron chi connectivity index (χ4n) is 3.05. The monoisotopic (exact) mass is 374 g/mol. The molecule has 1 aliphatic heterocycles. The molecule has 1 heterocycles. The van der Waals surface area contributed by atoms with E-state index in [-0.39, 0.29) is 30.3 Å². The number of hydrogen-bond donors (Lipinski definition) is 1. The average Bonchev–Trinajstić information content (AvgIpc) is 2.51. The van der Waals surface area contributed by atoms with Gasteiger partial charge >= 0.3 is 6.36 Å². The highest BCUT2D eigenvalue weighted by molar-refractivity contribution is 5.78. The molecular weight excluding hydrogens is 349 g/mol. The van der Waals surface area contributed by atoms with Gasteiger partial charge in [0.05, 0.1) is 18.6 Å². The highest BCUT2D eigenvalue weighted by Crippen LogP contribution is 2.22. The Morgan fingerprint density at radius 3 is 2.42 bits per heavy atom. The lowest BCUT2D eigenvalue weighted by atomic mass is 10.1. The molecule has 1 N–H and O–H groups in total. The normalized spacial score (nSPS) is 21.4. The molecule has 0 unspecified atom stereocenters. The maximum Gasteiger partial charge on any atom is 0.573 e. The summed E-state index contributed by atoms with van der Waals surface area (Å²) in [6, 6.07) is 5.32. The molecule has 0 aliphatic carbocycles. The van der Waals surface area contributed by atoms with Crippen LogP contribution in [-0.2, 0) is 16.0 Å². The zero-order valence-electron chi connectivity index (χ0n) is 15.0. The summed E-state index contributed by atoms with van der Waals surface area (Å²) in [5, 5.41) is 2.84. The van der Waals surface area contributed by atoms with Gasteiger partial charge in [-0.15, -0.1) is 13.2 Å². The predicted molar refractivity (Wildman–Crippen MR) is 90.9 cm³/mol. The third-order valence-electron chi connectivity index (χ3n) is 3.99. The lowest BCUT2D eigenvalue weighted by Gasteiger charge is -2.35. The Kier molecular flexibility index (Phi) is 7.28. The van der Waals surface area contributed by atoms with Gasteiger partial charge in [0.1, 0.15) is 5.75 Å². The van der Waals surface area contributed by atoms with Gasteiger partial charge in [-0.25, -0.2) is 0 Å². The maximum atomic E-state index is 12.1. The maximum absolute atomic E-state index is 12.1. The Bertz CT molecular complexity index is 568.